The van der Waals surface area contributed by atoms with Crippen LogP contribution in [0.5, 0.6) is 0 Å². The molecule has 2 aromatic rings. The van der Waals surface area contributed by atoms with Crippen molar-refractivity contribution in [3.8, 4) is 0 Å². The average Bonchev–Trinajstić information content (AvgIpc) is 2.83. The van der Waals surface area contributed by atoms with Gasteiger partial charge in [0.2, 0.25) is 5.89 Å². The lowest BCUT2D eigenvalue weighted by atomic mass is 10.1. The molecule has 1 N–H and O–H groups in total. The van der Waals surface area contributed by atoms with Crippen molar-refractivity contribution in [3.05, 3.63) is 47.4 Å². The Morgan fingerprint density at radius 2 is 2.26 bits per heavy atom. The molecular formula is C14H18FN3O. The first-order valence-electron chi connectivity index (χ1n) is 6.46. The fourth-order valence-corrected chi connectivity index (χ4v) is 1.67. The van der Waals surface area contributed by atoms with Gasteiger partial charge in [-0.25, -0.2) is 4.39 Å². The number of nitrogens with zero attached hydrogens (tertiary/aromatic N) is 2. The van der Waals surface area contributed by atoms with Gasteiger partial charge in [0.15, 0.2) is 5.82 Å². The maximum atomic E-state index is 13.0. The molecule has 0 aliphatic heterocycles. The Morgan fingerprint density at radius 1 is 1.42 bits per heavy atom. The quantitative estimate of drug-likeness (QED) is 0.870. The van der Waals surface area contributed by atoms with E-state index in [1.54, 1.807) is 6.07 Å². The smallest absolute Gasteiger partial charge is 0.240 e. The zero-order valence-corrected chi connectivity index (χ0v) is 11.2. The van der Waals surface area contributed by atoms with Gasteiger partial charge in [-0.1, -0.05) is 24.2 Å². The third kappa shape index (κ3) is 4.13. The molecule has 0 aliphatic carbocycles. The van der Waals surface area contributed by atoms with Gasteiger partial charge in [0.05, 0.1) is 6.54 Å². The Bertz CT molecular complexity index is 527. The molecule has 1 heterocycles. The maximum absolute atomic E-state index is 13.0. The van der Waals surface area contributed by atoms with Crippen molar-refractivity contribution in [2.24, 2.45) is 0 Å². The molecule has 0 saturated heterocycles. The summed E-state index contributed by atoms with van der Waals surface area (Å²) in [5.41, 5.74) is 0.835. The number of hydrogen-bond acceptors (Lipinski definition) is 4. The highest BCUT2D eigenvalue weighted by Gasteiger charge is 2.08. The van der Waals surface area contributed by atoms with E-state index in [1.807, 2.05) is 6.07 Å². The Morgan fingerprint density at radius 3 is 3.00 bits per heavy atom. The van der Waals surface area contributed by atoms with Crippen LogP contribution >= 0.6 is 0 Å². The summed E-state index contributed by atoms with van der Waals surface area (Å²) >= 11 is 0. The number of nitrogens with one attached hydrogen (secondary N) is 1. The molecule has 102 valence electrons. The SMILES string of the molecule is CCC(C)NCc1nc(Cc2cccc(F)c2)no1. The predicted octanol–water partition coefficient (Wildman–Crippen LogP) is 2.69. The molecule has 0 spiro atoms. The molecule has 19 heavy (non-hydrogen) atoms. The molecule has 1 atom stereocenters. The van der Waals surface area contributed by atoms with E-state index >= 15 is 0 Å². The standard InChI is InChI=1S/C14H18FN3O/c1-3-10(2)16-9-14-17-13(18-19-14)8-11-5-4-6-12(15)7-11/h4-7,10,16H,3,8-9H2,1-2H3. The lowest BCUT2D eigenvalue weighted by Crippen LogP contribution is -2.24. The van der Waals surface area contributed by atoms with Crippen molar-refractivity contribution >= 4 is 0 Å². The van der Waals surface area contributed by atoms with E-state index in [0.29, 0.717) is 30.7 Å². The van der Waals surface area contributed by atoms with Crippen molar-refractivity contribution in [1.82, 2.24) is 15.5 Å². The van der Waals surface area contributed by atoms with E-state index in [9.17, 15) is 4.39 Å². The number of aromatic nitrogens is 2. The highest BCUT2D eigenvalue weighted by molar-refractivity contribution is 5.19. The third-order valence-corrected chi connectivity index (χ3v) is 2.98. The first-order chi connectivity index (χ1) is 9.17. The Hall–Kier alpha value is -1.75. The monoisotopic (exact) mass is 263 g/mol. The Balaban J connectivity index is 1.94. The van der Waals surface area contributed by atoms with E-state index in [4.69, 9.17) is 4.52 Å². The van der Waals surface area contributed by atoms with E-state index in [0.717, 1.165) is 12.0 Å². The molecule has 1 aromatic heterocycles. The minimum absolute atomic E-state index is 0.250. The minimum Gasteiger partial charge on any atom is -0.338 e. The third-order valence-electron chi connectivity index (χ3n) is 2.98. The van der Waals surface area contributed by atoms with Gasteiger partial charge in [0.25, 0.3) is 0 Å². The molecule has 5 heteroatoms. The first kappa shape index (κ1) is 13.7. The largest absolute Gasteiger partial charge is 0.338 e. The van der Waals surface area contributed by atoms with Crippen molar-refractivity contribution in [2.75, 3.05) is 0 Å². The minimum atomic E-state index is -0.250. The van der Waals surface area contributed by atoms with Crippen molar-refractivity contribution in [3.63, 3.8) is 0 Å². The van der Waals surface area contributed by atoms with Crippen molar-refractivity contribution < 1.29 is 8.91 Å². The lowest BCUT2D eigenvalue weighted by Gasteiger charge is -2.07. The lowest BCUT2D eigenvalue weighted by molar-refractivity contribution is 0.354. The zero-order chi connectivity index (χ0) is 13.7. The second-order valence-corrected chi connectivity index (χ2v) is 4.60. The number of halogens is 1. The second-order valence-electron chi connectivity index (χ2n) is 4.60. The summed E-state index contributed by atoms with van der Waals surface area (Å²) in [7, 11) is 0. The van der Waals surface area contributed by atoms with Gasteiger partial charge in [0.1, 0.15) is 5.82 Å². The predicted molar refractivity (Wildman–Crippen MR) is 70.1 cm³/mol. The van der Waals surface area contributed by atoms with Gasteiger partial charge >= 0.3 is 0 Å². The normalized spacial score (nSPS) is 12.6. The molecule has 0 fully saturated rings. The van der Waals surface area contributed by atoms with Crippen LogP contribution in [0.15, 0.2) is 28.8 Å². The molecule has 0 bridgehead atoms. The molecular weight excluding hydrogens is 245 g/mol. The van der Waals surface area contributed by atoms with Crippen LogP contribution in [0.25, 0.3) is 0 Å². The van der Waals surface area contributed by atoms with Gasteiger partial charge < -0.3 is 9.84 Å². The van der Waals surface area contributed by atoms with Gasteiger partial charge in [-0.2, -0.15) is 4.98 Å². The summed E-state index contributed by atoms with van der Waals surface area (Å²) in [6.07, 6.45) is 1.52. The van der Waals surface area contributed by atoms with Gasteiger partial charge in [-0.15, -0.1) is 0 Å². The Kier molecular flexibility index (Phi) is 4.63. The van der Waals surface area contributed by atoms with E-state index < -0.39 is 0 Å². The molecule has 2 rings (SSSR count). The summed E-state index contributed by atoms with van der Waals surface area (Å²) in [4.78, 5) is 4.28. The molecule has 4 nitrogen and oxygen atoms in total. The first-order valence-corrected chi connectivity index (χ1v) is 6.46. The highest BCUT2D eigenvalue weighted by atomic mass is 19.1. The van der Waals surface area contributed by atoms with Crippen LogP contribution in [-0.4, -0.2) is 16.2 Å². The Labute approximate surface area is 112 Å². The number of hydrogen-bond donors (Lipinski definition) is 1. The van der Waals surface area contributed by atoms with Crippen LogP contribution in [0.3, 0.4) is 0 Å². The molecule has 0 radical (unpaired) electrons. The van der Waals surface area contributed by atoms with Gasteiger partial charge in [0, 0.05) is 12.5 Å². The topological polar surface area (TPSA) is 51.0 Å². The fourth-order valence-electron chi connectivity index (χ4n) is 1.67. The number of rotatable bonds is 6. The van der Waals surface area contributed by atoms with Crippen LogP contribution in [0, 0.1) is 5.82 Å². The molecule has 0 saturated carbocycles. The van der Waals surface area contributed by atoms with Gasteiger partial charge in [-0.05, 0) is 31.0 Å². The number of benzene rings is 1. The van der Waals surface area contributed by atoms with E-state index in [1.165, 1.54) is 12.1 Å². The highest BCUT2D eigenvalue weighted by Crippen LogP contribution is 2.09. The van der Waals surface area contributed by atoms with Crippen LogP contribution in [0.2, 0.25) is 0 Å². The van der Waals surface area contributed by atoms with E-state index in [2.05, 4.69) is 29.3 Å². The summed E-state index contributed by atoms with van der Waals surface area (Å²) in [5, 5.41) is 7.17. The van der Waals surface area contributed by atoms with Crippen LogP contribution < -0.4 is 5.32 Å². The molecule has 0 amide bonds. The fraction of sp³-hybridized carbons (Fsp3) is 0.429. The van der Waals surface area contributed by atoms with Gasteiger partial charge in [-0.3, -0.25) is 0 Å². The zero-order valence-electron chi connectivity index (χ0n) is 11.2. The summed E-state index contributed by atoms with van der Waals surface area (Å²) in [5.74, 6) is 0.887. The van der Waals surface area contributed by atoms with Crippen LogP contribution in [0.1, 0.15) is 37.5 Å². The molecule has 1 unspecified atom stereocenters. The van der Waals surface area contributed by atoms with Crippen LogP contribution in [-0.2, 0) is 13.0 Å². The summed E-state index contributed by atoms with van der Waals surface area (Å²) in [6.45, 7) is 4.77. The molecule has 1 aromatic carbocycles. The second kappa shape index (κ2) is 6.43. The van der Waals surface area contributed by atoms with Crippen molar-refractivity contribution in [2.45, 2.75) is 39.3 Å². The average molecular weight is 263 g/mol. The van der Waals surface area contributed by atoms with Crippen LogP contribution in [0.4, 0.5) is 4.39 Å². The van der Waals surface area contributed by atoms with Crippen molar-refractivity contribution in [1.29, 1.82) is 0 Å². The summed E-state index contributed by atoms with van der Waals surface area (Å²) < 4.78 is 18.2. The maximum Gasteiger partial charge on any atom is 0.240 e. The van der Waals surface area contributed by atoms with E-state index in [-0.39, 0.29) is 5.82 Å². The molecule has 0 aliphatic rings. The summed E-state index contributed by atoms with van der Waals surface area (Å²) in [6, 6.07) is 6.83.